The fourth-order valence-corrected chi connectivity index (χ4v) is 2.95. The lowest BCUT2D eigenvalue weighted by Gasteiger charge is -2.08. The Labute approximate surface area is 110 Å². The lowest BCUT2D eigenvalue weighted by molar-refractivity contribution is 0.636. The van der Waals surface area contributed by atoms with Crippen molar-refractivity contribution in [3.8, 4) is 0 Å². The molecule has 1 aromatic heterocycles. The Morgan fingerprint density at radius 3 is 2.88 bits per heavy atom. The van der Waals surface area contributed by atoms with E-state index < -0.39 is 0 Å². The molecule has 1 aliphatic rings. The summed E-state index contributed by atoms with van der Waals surface area (Å²) in [7, 11) is 0. The number of hydrogen-bond donors (Lipinski definition) is 0. The zero-order chi connectivity index (χ0) is 11.5. The minimum absolute atomic E-state index is 0.625. The van der Waals surface area contributed by atoms with Gasteiger partial charge in [0.25, 0.3) is 0 Å². The predicted molar refractivity (Wildman–Crippen MR) is 71.9 cm³/mol. The van der Waals surface area contributed by atoms with Gasteiger partial charge in [0, 0.05) is 17.7 Å². The van der Waals surface area contributed by atoms with Crippen molar-refractivity contribution >= 4 is 27.7 Å². The quantitative estimate of drug-likeness (QED) is 0.600. The van der Waals surface area contributed by atoms with Crippen LogP contribution in [0.15, 0.2) is 15.7 Å². The first kappa shape index (κ1) is 12.4. The van der Waals surface area contributed by atoms with Gasteiger partial charge < -0.3 is 0 Å². The van der Waals surface area contributed by atoms with Crippen molar-refractivity contribution in [3.05, 3.63) is 16.5 Å². The predicted octanol–water partition coefficient (Wildman–Crippen LogP) is 4.25. The van der Waals surface area contributed by atoms with Crippen molar-refractivity contribution in [1.82, 2.24) is 9.97 Å². The Hall–Kier alpha value is -0.0900. The maximum Gasteiger partial charge on any atom is 0.134 e. The van der Waals surface area contributed by atoms with E-state index >= 15 is 0 Å². The molecule has 1 aliphatic carbocycles. The van der Waals surface area contributed by atoms with Gasteiger partial charge in [0.15, 0.2) is 0 Å². The van der Waals surface area contributed by atoms with Crippen LogP contribution in [-0.2, 0) is 0 Å². The van der Waals surface area contributed by atoms with E-state index in [1.807, 2.05) is 17.8 Å². The Bertz CT molecular complexity index is 366. The summed E-state index contributed by atoms with van der Waals surface area (Å²) < 4.78 is 0.927. The Morgan fingerprint density at radius 1 is 1.50 bits per heavy atom. The lowest BCUT2D eigenvalue weighted by Crippen LogP contribution is -1.98. The number of thioether (sulfide) groups is 1. The summed E-state index contributed by atoms with van der Waals surface area (Å²) in [6.07, 6.45) is 3.74. The van der Waals surface area contributed by atoms with Gasteiger partial charge in [-0.2, -0.15) is 0 Å². The third kappa shape index (κ3) is 3.45. The van der Waals surface area contributed by atoms with Gasteiger partial charge in [-0.05, 0) is 34.7 Å². The number of halogens is 1. The third-order valence-electron chi connectivity index (χ3n) is 2.84. The zero-order valence-electron chi connectivity index (χ0n) is 9.74. The molecule has 88 valence electrons. The lowest BCUT2D eigenvalue weighted by atomic mass is 10.2. The number of hydrogen-bond acceptors (Lipinski definition) is 3. The van der Waals surface area contributed by atoms with Crippen LogP contribution in [0.5, 0.6) is 0 Å². The molecule has 0 radical (unpaired) electrons. The van der Waals surface area contributed by atoms with Crippen LogP contribution in [0.25, 0.3) is 0 Å². The molecule has 2 nitrogen and oxygen atoms in total. The number of nitrogens with zero attached hydrogens (tertiary/aromatic N) is 2. The topological polar surface area (TPSA) is 25.8 Å². The average molecular weight is 301 g/mol. The first-order valence-corrected chi connectivity index (χ1v) is 7.64. The molecule has 0 aromatic carbocycles. The molecule has 1 saturated carbocycles. The monoisotopic (exact) mass is 300 g/mol. The van der Waals surface area contributed by atoms with Crippen LogP contribution >= 0.6 is 27.7 Å². The summed E-state index contributed by atoms with van der Waals surface area (Å²) in [6, 6.07) is 2.03. The van der Waals surface area contributed by atoms with Gasteiger partial charge in [0.1, 0.15) is 15.5 Å². The van der Waals surface area contributed by atoms with Gasteiger partial charge in [-0.25, -0.2) is 9.97 Å². The van der Waals surface area contributed by atoms with Crippen molar-refractivity contribution in [2.75, 3.05) is 5.75 Å². The van der Waals surface area contributed by atoms with Crippen LogP contribution in [-0.4, -0.2) is 15.7 Å². The third-order valence-corrected chi connectivity index (χ3v) is 4.49. The minimum atomic E-state index is 0.625. The van der Waals surface area contributed by atoms with E-state index in [0.29, 0.717) is 5.92 Å². The van der Waals surface area contributed by atoms with E-state index in [1.54, 1.807) is 0 Å². The van der Waals surface area contributed by atoms with Crippen LogP contribution in [0.4, 0.5) is 0 Å². The van der Waals surface area contributed by atoms with Crippen LogP contribution in [0.2, 0.25) is 0 Å². The molecule has 0 spiro atoms. The van der Waals surface area contributed by atoms with E-state index in [2.05, 4.69) is 39.7 Å². The van der Waals surface area contributed by atoms with Crippen molar-refractivity contribution in [3.63, 3.8) is 0 Å². The summed E-state index contributed by atoms with van der Waals surface area (Å²) in [5.74, 6) is 3.55. The second kappa shape index (κ2) is 5.50. The molecular formula is C12H17BrN2S. The molecule has 2 rings (SSSR count). The molecule has 4 heteroatoms. The average Bonchev–Trinajstić information content (AvgIpc) is 3.09. The van der Waals surface area contributed by atoms with Gasteiger partial charge in [-0.15, -0.1) is 11.8 Å². The molecule has 0 saturated heterocycles. The van der Waals surface area contributed by atoms with E-state index in [9.17, 15) is 0 Å². The van der Waals surface area contributed by atoms with E-state index in [4.69, 9.17) is 0 Å². The molecule has 0 aliphatic heterocycles. The molecule has 0 N–H and O–H groups in total. The standard InChI is InChI=1S/C12H17BrN2S/c1-3-8(2)7-16-11-6-10(13)14-12(15-11)9-4-5-9/h6,8-9H,3-5,7H2,1-2H3. The fraction of sp³-hybridized carbons (Fsp3) is 0.667. The summed E-state index contributed by atoms with van der Waals surface area (Å²) in [6.45, 7) is 4.52. The second-order valence-electron chi connectivity index (χ2n) is 4.49. The van der Waals surface area contributed by atoms with Gasteiger partial charge in [0.05, 0.1) is 0 Å². The molecule has 1 fully saturated rings. The highest BCUT2D eigenvalue weighted by atomic mass is 79.9. The van der Waals surface area contributed by atoms with Crippen molar-refractivity contribution in [2.24, 2.45) is 5.92 Å². The van der Waals surface area contributed by atoms with Gasteiger partial charge in [-0.1, -0.05) is 20.3 Å². The minimum Gasteiger partial charge on any atom is -0.226 e. The van der Waals surface area contributed by atoms with Crippen LogP contribution < -0.4 is 0 Å². The molecule has 1 heterocycles. The highest BCUT2D eigenvalue weighted by molar-refractivity contribution is 9.10. The Balaban J connectivity index is 2.02. The summed E-state index contributed by atoms with van der Waals surface area (Å²) >= 11 is 5.31. The largest absolute Gasteiger partial charge is 0.226 e. The van der Waals surface area contributed by atoms with Gasteiger partial charge >= 0.3 is 0 Å². The van der Waals surface area contributed by atoms with E-state index in [0.717, 1.165) is 27.1 Å². The van der Waals surface area contributed by atoms with Crippen LogP contribution in [0.3, 0.4) is 0 Å². The Kier molecular flexibility index (Phi) is 4.25. The second-order valence-corrected chi connectivity index (χ2v) is 6.34. The van der Waals surface area contributed by atoms with Crippen molar-refractivity contribution < 1.29 is 0 Å². The van der Waals surface area contributed by atoms with Crippen molar-refractivity contribution in [2.45, 2.75) is 44.1 Å². The van der Waals surface area contributed by atoms with Gasteiger partial charge in [0.2, 0.25) is 0 Å². The highest BCUT2D eigenvalue weighted by Gasteiger charge is 2.27. The zero-order valence-corrected chi connectivity index (χ0v) is 12.1. The SMILES string of the molecule is CCC(C)CSc1cc(Br)nc(C2CC2)n1. The molecule has 0 bridgehead atoms. The molecular weight excluding hydrogens is 284 g/mol. The number of rotatable bonds is 5. The van der Waals surface area contributed by atoms with E-state index in [-0.39, 0.29) is 0 Å². The van der Waals surface area contributed by atoms with Gasteiger partial charge in [-0.3, -0.25) is 0 Å². The first-order valence-electron chi connectivity index (χ1n) is 5.86. The first-order chi connectivity index (χ1) is 7.69. The normalized spacial score (nSPS) is 17.4. The molecule has 16 heavy (non-hydrogen) atoms. The van der Waals surface area contributed by atoms with Crippen molar-refractivity contribution in [1.29, 1.82) is 0 Å². The molecule has 1 aromatic rings. The summed E-state index contributed by atoms with van der Waals surface area (Å²) in [5, 5.41) is 1.11. The van der Waals surface area contributed by atoms with E-state index in [1.165, 1.54) is 19.3 Å². The number of aromatic nitrogens is 2. The summed E-state index contributed by atoms with van der Waals surface area (Å²) in [5.41, 5.74) is 0. The molecule has 1 atom stereocenters. The maximum absolute atomic E-state index is 4.62. The maximum atomic E-state index is 4.62. The fourth-order valence-electron chi connectivity index (χ4n) is 1.36. The molecule has 0 amide bonds. The molecule has 1 unspecified atom stereocenters. The Morgan fingerprint density at radius 2 is 2.25 bits per heavy atom. The van der Waals surface area contributed by atoms with Crippen LogP contribution in [0, 0.1) is 5.92 Å². The highest BCUT2D eigenvalue weighted by Crippen LogP contribution is 2.39. The smallest absolute Gasteiger partial charge is 0.134 e. The van der Waals surface area contributed by atoms with Crippen LogP contribution in [0.1, 0.15) is 44.9 Å². The summed E-state index contributed by atoms with van der Waals surface area (Å²) in [4.78, 5) is 9.06.